The lowest BCUT2D eigenvalue weighted by atomic mass is 9.96. The van der Waals surface area contributed by atoms with Crippen LogP contribution in [-0.4, -0.2) is 53.6 Å². The first-order valence-electron chi connectivity index (χ1n) is 10.8. The predicted octanol–water partition coefficient (Wildman–Crippen LogP) is 3.40. The Hall–Kier alpha value is -3.23. The lowest BCUT2D eigenvalue weighted by molar-refractivity contribution is -0.141. The Morgan fingerprint density at radius 1 is 1.21 bits per heavy atom. The summed E-state index contributed by atoms with van der Waals surface area (Å²) in [4.78, 5) is 22.5. The number of morpholine rings is 1. The maximum atomic E-state index is 13.3. The standard InChI is InChI=1S/C23H27F3N6O2/c1-22(2,3)15-32(20-12-18(23(24,25)26)28-19(13-27)29-20)30-21(33)17-6-4-5-16(11-17)14-31-7-9-34-10-8-31/h4-6,11-12H,7-10,14-15H2,1-3H3,(H,30,33). The first-order chi connectivity index (χ1) is 15.9. The van der Waals surface area contributed by atoms with E-state index in [4.69, 9.17) is 10.00 Å². The van der Waals surface area contributed by atoms with Gasteiger partial charge in [-0.3, -0.25) is 20.1 Å². The fourth-order valence-electron chi connectivity index (χ4n) is 3.44. The number of benzene rings is 1. The topological polar surface area (TPSA) is 94.4 Å². The van der Waals surface area contributed by atoms with Crippen molar-refractivity contribution in [3.63, 3.8) is 0 Å². The lowest BCUT2D eigenvalue weighted by Crippen LogP contribution is -2.47. The molecule has 2 aromatic rings. The van der Waals surface area contributed by atoms with Gasteiger partial charge in [0, 0.05) is 37.8 Å². The average Bonchev–Trinajstić information content (AvgIpc) is 2.77. The van der Waals surface area contributed by atoms with Crippen molar-refractivity contribution in [3.8, 4) is 6.07 Å². The summed E-state index contributed by atoms with van der Waals surface area (Å²) in [6, 6.07) is 9.34. The molecule has 1 aliphatic rings. The van der Waals surface area contributed by atoms with Crippen LogP contribution in [0.1, 0.15) is 48.2 Å². The molecule has 1 saturated heterocycles. The van der Waals surface area contributed by atoms with Gasteiger partial charge < -0.3 is 4.74 Å². The molecule has 1 amide bonds. The van der Waals surface area contributed by atoms with Gasteiger partial charge in [0.2, 0.25) is 5.82 Å². The molecule has 0 aliphatic carbocycles. The third-order valence-corrected chi connectivity index (χ3v) is 4.95. The van der Waals surface area contributed by atoms with Crippen LogP contribution in [0.5, 0.6) is 0 Å². The number of ether oxygens (including phenoxy) is 1. The highest BCUT2D eigenvalue weighted by molar-refractivity contribution is 5.95. The molecule has 0 saturated carbocycles. The quantitative estimate of drug-likeness (QED) is 0.639. The van der Waals surface area contributed by atoms with Gasteiger partial charge in [0.1, 0.15) is 6.07 Å². The molecular formula is C23H27F3N6O2. The number of anilines is 1. The number of halogens is 3. The van der Waals surface area contributed by atoms with E-state index in [0.29, 0.717) is 25.3 Å². The van der Waals surface area contributed by atoms with Crippen molar-refractivity contribution in [1.29, 1.82) is 5.26 Å². The summed E-state index contributed by atoms with van der Waals surface area (Å²) in [5, 5.41) is 10.4. The van der Waals surface area contributed by atoms with Crippen LogP contribution in [0.25, 0.3) is 0 Å². The zero-order valence-electron chi connectivity index (χ0n) is 19.3. The molecule has 1 fully saturated rings. The summed E-state index contributed by atoms with van der Waals surface area (Å²) in [5.41, 5.74) is 2.28. The first-order valence-corrected chi connectivity index (χ1v) is 10.8. The molecule has 1 aromatic carbocycles. The Bertz CT molecular complexity index is 1060. The van der Waals surface area contributed by atoms with E-state index >= 15 is 0 Å². The second-order valence-electron chi connectivity index (χ2n) is 9.22. The SMILES string of the molecule is CC(C)(C)CN(NC(=O)c1cccc(CN2CCOCC2)c1)c1cc(C(F)(F)F)nc(C#N)n1. The van der Waals surface area contributed by atoms with Crippen molar-refractivity contribution < 1.29 is 22.7 Å². The van der Waals surface area contributed by atoms with Crippen molar-refractivity contribution in [1.82, 2.24) is 20.3 Å². The van der Waals surface area contributed by atoms with Crippen LogP contribution in [-0.2, 0) is 17.5 Å². The Labute approximate surface area is 196 Å². The van der Waals surface area contributed by atoms with Crippen LogP contribution >= 0.6 is 0 Å². The third kappa shape index (κ3) is 7.13. The zero-order chi connectivity index (χ0) is 24.9. The number of hydrazine groups is 1. The maximum Gasteiger partial charge on any atom is 0.433 e. The Morgan fingerprint density at radius 2 is 1.91 bits per heavy atom. The highest BCUT2D eigenvalue weighted by atomic mass is 19.4. The number of hydrogen-bond acceptors (Lipinski definition) is 7. The normalized spacial score (nSPS) is 15.0. The number of nitrogens with one attached hydrogen (secondary N) is 1. The zero-order valence-corrected chi connectivity index (χ0v) is 19.3. The van der Waals surface area contributed by atoms with Gasteiger partial charge in [-0.05, 0) is 23.1 Å². The van der Waals surface area contributed by atoms with E-state index in [-0.39, 0.29) is 12.4 Å². The molecule has 0 unspecified atom stereocenters. The van der Waals surface area contributed by atoms with Crippen molar-refractivity contribution in [2.45, 2.75) is 33.5 Å². The van der Waals surface area contributed by atoms with Crippen molar-refractivity contribution in [3.05, 3.63) is 53.0 Å². The summed E-state index contributed by atoms with van der Waals surface area (Å²) in [6.45, 7) is 9.31. The minimum atomic E-state index is -4.77. The summed E-state index contributed by atoms with van der Waals surface area (Å²) in [7, 11) is 0. The molecule has 0 bridgehead atoms. The predicted molar refractivity (Wildman–Crippen MR) is 119 cm³/mol. The van der Waals surface area contributed by atoms with Gasteiger partial charge in [-0.2, -0.15) is 23.4 Å². The summed E-state index contributed by atoms with van der Waals surface area (Å²) in [5.74, 6) is -1.35. The molecule has 182 valence electrons. The Kier molecular flexibility index (Phi) is 7.74. The van der Waals surface area contributed by atoms with Gasteiger partial charge in [-0.25, -0.2) is 4.98 Å². The van der Waals surface area contributed by atoms with E-state index in [0.717, 1.165) is 24.7 Å². The molecule has 2 heterocycles. The molecular weight excluding hydrogens is 449 g/mol. The molecule has 11 heteroatoms. The number of nitrogens with zero attached hydrogens (tertiary/aromatic N) is 5. The maximum absolute atomic E-state index is 13.3. The van der Waals surface area contributed by atoms with E-state index in [2.05, 4.69) is 20.3 Å². The number of rotatable bonds is 6. The smallest absolute Gasteiger partial charge is 0.379 e. The molecule has 3 rings (SSSR count). The highest BCUT2D eigenvalue weighted by Crippen LogP contribution is 2.30. The Morgan fingerprint density at radius 3 is 2.53 bits per heavy atom. The molecule has 8 nitrogen and oxygen atoms in total. The molecule has 0 spiro atoms. The van der Waals surface area contributed by atoms with Gasteiger partial charge >= 0.3 is 6.18 Å². The van der Waals surface area contributed by atoms with E-state index in [9.17, 15) is 18.0 Å². The summed E-state index contributed by atoms with van der Waals surface area (Å²) < 4.78 is 45.4. The van der Waals surface area contributed by atoms with Crippen molar-refractivity contribution in [2.24, 2.45) is 5.41 Å². The largest absolute Gasteiger partial charge is 0.433 e. The van der Waals surface area contributed by atoms with Crippen LogP contribution in [0, 0.1) is 16.7 Å². The van der Waals surface area contributed by atoms with Gasteiger partial charge in [0.15, 0.2) is 11.5 Å². The van der Waals surface area contributed by atoms with Crippen LogP contribution in [0.3, 0.4) is 0 Å². The fraction of sp³-hybridized carbons (Fsp3) is 0.478. The van der Waals surface area contributed by atoms with E-state index in [1.807, 2.05) is 26.8 Å². The van der Waals surface area contributed by atoms with E-state index < -0.39 is 29.0 Å². The molecule has 0 radical (unpaired) electrons. The van der Waals surface area contributed by atoms with Gasteiger partial charge in [-0.1, -0.05) is 32.9 Å². The number of hydrogen-bond donors (Lipinski definition) is 1. The number of amides is 1. The molecule has 1 N–H and O–H groups in total. The molecule has 0 atom stereocenters. The van der Waals surface area contributed by atoms with Crippen LogP contribution in [0.15, 0.2) is 30.3 Å². The highest BCUT2D eigenvalue weighted by Gasteiger charge is 2.35. The van der Waals surface area contributed by atoms with Crippen LogP contribution < -0.4 is 10.4 Å². The summed E-state index contributed by atoms with van der Waals surface area (Å²) >= 11 is 0. The molecule has 1 aromatic heterocycles. The third-order valence-electron chi connectivity index (χ3n) is 4.95. The van der Waals surface area contributed by atoms with Crippen LogP contribution in [0.4, 0.5) is 19.0 Å². The van der Waals surface area contributed by atoms with Gasteiger partial charge in [0.05, 0.1) is 13.2 Å². The Balaban J connectivity index is 1.86. The average molecular weight is 477 g/mol. The lowest BCUT2D eigenvalue weighted by Gasteiger charge is -2.31. The summed E-state index contributed by atoms with van der Waals surface area (Å²) in [6.07, 6.45) is -4.77. The second kappa shape index (κ2) is 10.4. The number of carbonyl (C=O) groups is 1. The van der Waals surface area contributed by atoms with E-state index in [1.54, 1.807) is 24.3 Å². The number of alkyl halides is 3. The van der Waals surface area contributed by atoms with Crippen LogP contribution in [0.2, 0.25) is 0 Å². The first kappa shape index (κ1) is 25.4. The molecule has 1 aliphatic heterocycles. The number of aromatic nitrogens is 2. The van der Waals surface area contributed by atoms with Crippen molar-refractivity contribution >= 4 is 11.7 Å². The van der Waals surface area contributed by atoms with Crippen molar-refractivity contribution in [2.75, 3.05) is 37.9 Å². The van der Waals surface area contributed by atoms with Gasteiger partial charge in [-0.15, -0.1) is 0 Å². The minimum absolute atomic E-state index is 0.144. The van der Waals surface area contributed by atoms with E-state index in [1.165, 1.54) is 5.01 Å². The van der Waals surface area contributed by atoms with Gasteiger partial charge in [0.25, 0.3) is 5.91 Å². The molecule has 34 heavy (non-hydrogen) atoms. The minimum Gasteiger partial charge on any atom is -0.379 e. The second-order valence-corrected chi connectivity index (χ2v) is 9.22. The number of nitriles is 1. The monoisotopic (exact) mass is 476 g/mol. The fourth-order valence-corrected chi connectivity index (χ4v) is 3.44. The number of carbonyl (C=O) groups excluding carboxylic acids is 1.